The van der Waals surface area contributed by atoms with Gasteiger partial charge in [-0.3, -0.25) is 4.79 Å². The van der Waals surface area contributed by atoms with E-state index in [0.29, 0.717) is 0 Å². The molecule has 2 heterocycles. The number of carbonyl (C=O) groups is 2. The first-order valence-electron chi connectivity index (χ1n) is 30.5. The van der Waals surface area contributed by atoms with E-state index in [1.54, 1.807) is 31.4 Å². The molecule has 11 rings (SSSR count). The maximum Gasteiger partial charge on any atom is 0.339 e. The molecule has 14 nitrogen and oxygen atoms in total. The fraction of sp³-hybridized carbons (Fsp3) is 0.263. The average Bonchev–Trinajstić information content (AvgIpc) is 1.03. The van der Waals surface area contributed by atoms with Crippen molar-refractivity contribution in [2.24, 2.45) is 0 Å². The molecule has 0 bridgehead atoms. The van der Waals surface area contributed by atoms with Gasteiger partial charge in [-0.25, -0.2) is 4.79 Å². The zero-order valence-electron chi connectivity index (χ0n) is 50.2. The number of ether oxygens (including phenoxy) is 11. The third-order valence-corrected chi connectivity index (χ3v) is 15.9. The summed E-state index contributed by atoms with van der Waals surface area (Å²) in [4.78, 5) is 29.3. The van der Waals surface area contributed by atoms with Crippen LogP contribution in [0.2, 0.25) is 0 Å². The minimum absolute atomic E-state index is 0.0555. The zero-order chi connectivity index (χ0) is 61.5. The molecular formula is C76H75NO13. The number of nitrogens with one attached hydrogen (secondary N) is 1. The standard InChI is InChI=1S/C76H75NO13/c1-80-75-71(85-50-58-36-18-6-19-37-58)69(83-48-56-32-14-4-15-33-56)68(82-47-55-30-12-3-13-31-55)65(89-75)53-88-76-72(86-51-59-38-20-7-21-39-59)70(84-49-57-34-16-5-17-35-57)67(81-46-54-28-10-2-11-29-54)64(90-76)52-87-74(79)63-45-27-26-44-62(63)73(78)77-66(60-40-22-8-23-41-60)61-42-24-9-25-43-61/h2-45,64-72,75-76H,46-53H2,1H3,(H,77,78)/t64-,65-,67-,68-,69+,70+,71-,72-,75+,76+/m1/s1. The van der Waals surface area contributed by atoms with Crippen molar-refractivity contribution in [2.75, 3.05) is 20.3 Å². The van der Waals surface area contributed by atoms with Crippen molar-refractivity contribution < 1.29 is 61.7 Å². The van der Waals surface area contributed by atoms with E-state index in [1.165, 1.54) is 0 Å². The Morgan fingerprint density at radius 1 is 0.344 bits per heavy atom. The summed E-state index contributed by atoms with van der Waals surface area (Å²) in [6.07, 6.45) is -9.29. The molecule has 90 heavy (non-hydrogen) atoms. The van der Waals surface area contributed by atoms with Crippen molar-refractivity contribution in [3.05, 3.63) is 323 Å². The summed E-state index contributed by atoms with van der Waals surface area (Å²) in [6.45, 7) is 0.615. The molecule has 2 fully saturated rings. The molecule has 462 valence electrons. The number of amides is 1. The summed E-state index contributed by atoms with van der Waals surface area (Å²) >= 11 is 0. The number of hydrogen-bond acceptors (Lipinski definition) is 13. The molecule has 0 aliphatic carbocycles. The fourth-order valence-corrected chi connectivity index (χ4v) is 11.2. The Kier molecular flexibility index (Phi) is 23.0. The van der Waals surface area contributed by atoms with E-state index in [-0.39, 0.29) is 64.0 Å². The SMILES string of the molecule is CO[C@H]1O[C@H](CO[C@H]2O[C@H](COC(=O)c3ccccc3C(=O)NC(c3ccccc3)c3ccccc3)[C@@H](OCc3ccccc3)[C@H](OCc3ccccc3)[C@H]2OCc2ccccc2)[C@@H](OCc2ccccc2)[C@H](OCc2ccccc2)[C@H]1OCc1ccccc1. The first kappa shape index (κ1) is 63.1. The monoisotopic (exact) mass is 1210 g/mol. The normalized spacial score (nSPS) is 21.5. The Hall–Kier alpha value is -8.48. The van der Waals surface area contributed by atoms with Gasteiger partial charge in [-0.05, 0) is 56.6 Å². The Morgan fingerprint density at radius 2 is 0.644 bits per heavy atom. The van der Waals surface area contributed by atoms with Gasteiger partial charge in [0.15, 0.2) is 12.6 Å². The van der Waals surface area contributed by atoms with Crippen LogP contribution in [0.15, 0.2) is 267 Å². The molecular weight excluding hydrogens is 1130 g/mol. The Bertz CT molecular complexity index is 3500. The van der Waals surface area contributed by atoms with E-state index in [2.05, 4.69) is 5.32 Å². The van der Waals surface area contributed by atoms with Crippen LogP contribution in [0.4, 0.5) is 0 Å². The van der Waals surface area contributed by atoms with E-state index in [4.69, 9.17) is 52.1 Å². The maximum absolute atomic E-state index is 14.8. The summed E-state index contributed by atoms with van der Waals surface area (Å²) in [7, 11) is 1.58. The van der Waals surface area contributed by atoms with Crippen molar-refractivity contribution in [1.29, 1.82) is 0 Å². The van der Waals surface area contributed by atoms with Crippen LogP contribution in [0.3, 0.4) is 0 Å². The van der Waals surface area contributed by atoms with Gasteiger partial charge >= 0.3 is 5.97 Å². The number of carbonyl (C=O) groups excluding carboxylic acids is 2. The summed E-state index contributed by atoms with van der Waals surface area (Å²) in [5.74, 6) is -1.22. The fourth-order valence-electron chi connectivity index (χ4n) is 11.2. The number of hydrogen-bond donors (Lipinski definition) is 1. The Morgan fingerprint density at radius 3 is 1.02 bits per heavy atom. The predicted octanol–water partition coefficient (Wildman–Crippen LogP) is 13.0. The van der Waals surface area contributed by atoms with Gasteiger partial charge in [0.2, 0.25) is 0 Å². The lowest BCUT2D eigenvalue weighted by Gasteiger charge is -2.47. The summed E-state index contributed by atoms with van der Waals surface area (Å²) in [6, 6.07) is 84.6. The minimum Gasteiger partial charge on any atom is -0.459 e. The van der Waals surface area contributed by atoms with E-state index in [1.807, 2.05) is 243 Å². The van der Waals surface area contributed by atoms with Gasteiger partial charge < -0.3 is 57.4 Å². The van der Waals surface area contributed by atoms with Crippen LogP contribution in [0.25, 0.3) is 0 Å². The topological polar surface area (TPSA) is 148 Å². The van der Waals surface area contributed by atoms with Gasteiger partial charge in [0, 0.05) is 7.11 Å². The van der Waals surface area contributed by atoms with E-state index >= 15 is 0 Å². The lowest BCUT2D eigenvalue weighted by molar-refractivity contribution is -0.350. The number of methoxy groups -OCH3 is 1. The third kappa shape index (κ3) is 17.3. The highest BCUT2D eigenvalue weighted by Gasteiger charge is 2.52. The van der Waals surface area contributed by atoms with Crippen LogP contribution in [0.5, 0.6) is 0 Å². The Labute approximate surface area is 526 Å². The first-order valence-corrected chi connectivity index (χ1v) is 30.5. The summed E-state index contributed by atoms with van der Waals surface area (Å²) in [5, 5.41) is 3.19. The molecule has 2 aliphatic rings. The highest BCUT2D eigenvalue weighted by atomic mass is 16.8. The van der Waals surface area contributed by atoms with Gasteiger partial charge in [-0.1, -0.05) is 255 Å². The van der Waals surface area contributed by atoms with Crippen LogP contribution in [-0.2, 0) is 91.7 Å². The summed E-state index contributed by atoms with van der Waals surface area (Å²) in [5.41, 5.74) is 7.45. The van der Waals surface area contributed by atoms with E-state index in [0.717, 1.165) is 44.5 Å². The molecule has 0 saturated carbocycles. The van der Waals surface area contributed by atoms with Crippen molar-refractivity contribution in [3.8, 4) is 0 Å². The molecule has 2 aliphatic heterocycles. The smallest absolute Gasteiger partial charge is 0.339 e. The molecule has 1 amide bonds. The van der Waals surface area contributed by atoms with Crippen molar-refractivity contribution in [1.82, 2.24) is 5.32 Å². The molecule has 2 saturated heterocycles. The van der Waals surface area contributed by atoms with Crippen LogP contribution < -0.4 is 5.32 Å². The molecule has 0 spiro atoms. The predicted molar refractivity (Wildman–Crippen MR) is 339 cm³/mol. The molecule has 10 atom stereocenters. The maximum atomic E-state index is 14.8. The second kappa shape index (κ2) is 32.8. The number of benzene rings is 9. The zero-order valence-corrected chi connectivity index (χ0v) is 50.2. The molecule has 1 N–H and O–H groups in total. The van der Waals surface area contributed by atoms with Crippen molar-refractivity contribution in [2.45, 2.75) is 107 Å². The second-order valence-electron chi connectivity index (χ2n) is 22.1. The summed E-state index contributed by atoms with van der Waals surface area (Å²) < 4.78 is 75.5. The first-order chi connectivity index (χ1) is 44.4. The molecule has 9 aromatic carbocycles. The van der Waals surface area contributed by atoms with Gasteiger partial charge in [-0.15, -0.1) is 0 Å². The van der Waals surface area contributed by atoms with Crippen LogP contribution >= 0.6 is 0 Å². The van der Waals surface area contributed by atoms with E-state index < -0.39 is 79.3 Å². The van der Waals surface area contributed by atoms with Gasteiger partial charge in [0.05, 0.1) is 63.4 Å². The molecule has 0 radical (unpaired) electrons. The van der Waals surface area contributed by atoms with Crippen LogP contribution in [0, 0.1) is 0 Å². The third-order valence-electron chi connectivity index (χ3n) is 15.9. The minimum atomic E-state index is -1.23. The molecule has 0 aromatic heterocycles. The molecule has 9 aromatic rings. The van der Waals surface area contributed by atoms with E-state index in [9.17, 15) is 9.59 Å². The van der Waals surface area contributed by atoms with Gasteiger partial charge in [-0.2, -0.15) is 0 Å². The second-order valence-corrected chi connectivity index (χ2v) is 22.1. The molecule has 14 heteroatoms. The van der Waals surface area contributed by atoms with Gasteiger partial charge in [0.1, 0.15) is 55.4 Å². The Balaban J connectivity index is 0.931. The van der Waals surface area contributed by atoms with Crippen LogP contribution in [0.1, 0.15) is 71.3 Å². The number of rotatable bonds is 29. The highest BCUT2D eigenvalue weighted by molar-refractivity contribution is 6.05. The average molecular weight is 1210 g/mol. The number of esters is 1. The molecule has 0 unspecified atom stereocenters. The van der Waals surface area contributed by atoms with Crippen molar-refractivity contribution >= 4 is 11.9 Å². The largest absolute Gasteiger partial charge is 0.459 e. The van der Waals surface area contributed by atoms with Gasteiger partial charge in [0.25, 0.3) is 5.91 Å². The highest BCUT2D eigenvalue weighted by Crippen LogP contribution is 2.36. The van der Waals surface area contributed by atoms with Crippen molar-refractivity contribution in [3.63, 3.8) is 0 Å². The lowest BCUT2D eigenvalue weighted by atomic mass is 9.96. The van der Waals surface area contributed by atoms with Crippen LogP contribution in [-0.4, -0.2) is 93.6 Å². The lowest BCUT2D eigenvalue weighted by Crippen LogP contribution is -2.64. The quantitative estimate of drug-likeness (QED) is 0.0444.